The Morgan fingerprint density at radius 1 is 1.00 bits per heavy atom. The first-order valence-corrected chi connectivity index (χ1v) is 9.15. The molecular formula is C16H11N3O2S2. The van der Waals surface area contributed by atoms with Crippen molar-refractivity contribution in [1.29, 1.82) is 0 Å². The van der Waals surface area contributed by atoms with E-state index in [4.69, 9.17) is 0 Å². The molecule has 0 saturated carbocycles. The third-order valence-electron chi connectivity index (χ3n) is 3.45. The summed E-state index contributed by atoms with van der Waals surface area (Å²) in [6.45, 7) is 0. The van der Waals surface area contributed by atoms with Gasteiger partial charge in [0.1, 0.15) is 0 Å². The number of fused-ring (bicyclic) bond motifs is 2. The van der Waals surface area contributed by atoms with Gasteiger partial charge in [-0.1, -0.05) is 35.6 Å². The fourth-order valence-corrected chi connectivity index (χ4v) is 4.74. The topological polar surface area (TPSA) is 72.0 Å². The lowest BCUT2D eigenvalue weighted by molar-refractivity contribution is 0.602. The van der Waals surface area contributed by atoms with Crippen molar-refractivity contribution in [3.05, 3.63) is 60.9 Å². The van der Waals surface area contributed by atoms with Gasteiger partial charge in [-0.2, -0.15) is 0 Å². The second-order valence-electron chi connectivity index (χ2n) is 4.95. The van der Waals surface area contributed by atoms with Crippen LogP contribution in [0.25, 0.3) is 21.0 Å². The van der Waals surface area contributed by atoms with E-state index < -0.39 is 10.0 Å². The number of para-hydroxylation sites is 1. The first kappa shape index (κ1) is 14.1. The Hall–Kier alpha value is -2.51. The maximum atomic E-state index is 12.7. The Balaban J connectivity index is 1.80. The van der Waals surface area contributed by atoms with Crippen molar-refractivity contribution in [2.45, 2.75) is 4.90 Å². The van der Waals surface area contributed by atoms with Crippen LogP contribution >= 0.6 is 11.3 Å². The smallest absolute Gasteiger partial charge is 0.264 e. The highest BCUT2D eigenvalue weighted by Crippen LogP contribution is 2.29. The molecular weight excluding hydrogens is 330 g/mol. The van der Waals surface area contributed by atoms with Crippen molar-refractivity contribution in [2.24, 2.45) is 0 Å². The van der Waals surface area contributed by atoms with E-state index in [1.54, 1.807) is 30.6 Å². The van der Waals surface area contributed by atoms with E-state index in [0.717, 1.165) is 15.6 Å². The molecule has 4 rings (SSSR count). The molecule has 0 aliphatic rings. The third kappa shape index (κ3) is 2.54. The summed E-state index contributed by atoms with van der Waals surface area (Å²) in [5, 5.41) is 1.77. The van der Waals surface area contributed by atoms with E-state index in [-0.39, 0.29) is 4.90 Å². The number of benzene rings is 2. The van der Waals surface area contributed by atoms with Crippen molar-refractivity contribution < 1.29 is 8.42 Å². The van der Waals surface area contributed by atoms with Crippen LogP contribution < -0.4 is 4.72 Å². The third-order valence-corrected chi connectivity index (χ3v) is 5.92. The summed E-state index contributed by atoms with van der Waals surface area (Å²) in [6.07, 6.45) is 3.23. The minimum Gasteiger partial charge on any atom is -0.264 e. The van der Waals surface area contributed by atoms with Crippen LogP contribution in [0.3, 0.4) is 0 Å². The standard InChI is InChI=1S/C16H11N3O2S2/c20-23(21,15-7-3-4-11-10-17-9-8-12(11)15)19-16-18-13-5-1-2-6-14(13)22-16/h1-10H,(H,18,19). The van der Waals surface area contributed by atoms with Crippen LogP contribution in [0.1, 0.15) is 0 Å². The summed E-state index contributed by atoms with van der Waals surface area (Å²) in [6, 6.07) is 14.4. The van der Waals surface area contributed by atoms with Crippen LogP contribution in [0, 0.1) is 0 Å². The van der Waals surface area contributed by atoms with Crippen LogP contribution in [0.4, 0.5) is 5.13 Å². The first-order valence-electron chi connectivity index (χ1n) is 6.85. The van der Waals surface area contributed by atoms with Crippen LogP contribution in [0.5, 0.6) is 0 Å². The number of nitrogens with one attached hydrogen (secondary N) is 1. The summed E-state index contributed by atoms with van der Waals surface area (Å²) < 4.78 is 29.0. The average molecular weight is 341 g/mol. The number of pyridine rings is 1. The van der Waals surface area contributed by atoms with Gasteiger partial charge in [-0.3, -0.25) is 9.71 Å². The Labute approximate surface area is 136 Å². The monoisotopic (exact) mass is 341 g/mol. The van der Waals surface area contributed by atoms with Gasteiger partial charge in [-0.05, 0) is 24.3 Å². The molecule has 4 aromatic rings. The van der Waals surface area contributed by atoms with E-state index in [0.29, 0.717) is 10.5 Å². The lowest BCUT2D eigenvalue weighted by Crippen LogP contribution is -2.13. The molecule has 0 saturated heterocycles. The number of aromatic nitrogens is 2. The molecule has 114 valence electrons. The highest BCUT2D eigenvalue weighted by atomic mass is 32.2. The van der Waals surface area contributed by atoms with Gasteiger partial charge in [-0.15, -0.1) is 0 Å². The number of anilines is 1. The van der Waals surface area contributed by atoms with Crippen molar-refractivity contribution >= 4 is 47.5 Å². The van der Waals surface area contributed by atoms with Gasteiger partial charge in [0.05, 0.1) is 15.1 Å². The molecule has 0 radical (unpaired) electrons. The molecule has 0 amide bonds. The minimum absolute atomic E-state index is 0.219. The quantitative estimate of drug-likeness (QED) is 0.617. The van der Waals surface area contributed by atoms with Gasteiger partial charge in [0, 0.05) is 23.2 Å². The average Bonchev–Trinajstić information content (AvgIpc) is 2.95. The second-order valence-corrected chi connectivity index (χ2v) is 7.63. The lowest BCUT2D eigenvalue weighted by Gasteiger charge is -2.08. The summed E-state index contributed by atoms with van der Waals surface area (Å²) in [4.78, 5) is 8.56. The Kier molecular flexibility index (Phi) is 3.24. The molecule has 0 atom stereocenters. The fraction of sp³-hybridized carbons (Fsp3) is 0. The Morgan fingerprint density at radius 3 is 2.74 bits per heavy atom. The zero-order valence-corrected chi connectivity index (χ0v) is 13.4. The fourth-order valence-electron chi connectivity index (χ4n) is 2.41. The normalized spacial score (nSPS) is 11.8. The molecule has 23 heavy (non-hydrogen) atoms. The summed E-state index contributed by atoms with van der Waals surface area (Å²) in [5.41, 5.74) is 0.775. The number of thiazole rings is 1. The highest BCUT2D eigenvalue weighted by Gasteiger charge is 2.19. The van der Waals surface area contributed by atoms with Crippen LogP contribution in [0.2, 0.25) is 0 Å². The number of nitrogens with zero attached hydrogens (tertiary/aromatic N) is 2. The number of sulfonamides is 1. The first-order chi connectivity index (χ1) is 11.1. The van der Waals surface area contributed by atoms with Gasteiger partial charge in [0.25, 0.3) is 10.0 Å². The van der Waals surface area contributed by atoms with Crippen molar-refractivity contribution in [3.8, 4) is 0 Å². The van der Waals surface area contributed by atoms with Gasteiger partial charge >= 0.3 is 0 Å². The Bertz CT molecular complexity index is 1080. The summed E-state index contributed by atoms with van der Waals surface area (Å²) >= 11 is 1.31. The molecule has 0 fully saturated rings. The van der Waals surface area contributed by atoms with Gasteiger partial charge in [-0.25, -0.2) is 13.4 Å². The van der Waals surface area contributed by atoms with E-state index in [9.17, 15) is 8.42 Å². The molecule has 5 nitrogen and oxygen atoms in total. The second kappa shape index (κ2) is 5.29. The predicted octanol–water partition coefficient (Wildman–Crippen LogP) is 3.65. The van der Waals surface area contributed by atoms with Crippen LogP contribution in [-0.4, -0.2) is 18.4 Å². The van der Waals surface area contributed by atoms with E-state index in [1.165, 1.54) is 11.3 Å². The van der Waals surface area contributed by atoms with Crippen LogP contribution in [0.15, 0.2) is 65.8 Å². The molecule has 7 heteroatoms. The molecule has 2 aromatic heterocycles. The summed E-state index contributed by atoms with van der Waals surface area (Å²) in [5.74, 6) is 0. The number of hydrogen-bond donors (Lipinski definition) is 1. The summed E-state index contributed by atoms with van der Waals surface area (Å²) in [7, 11) is -3.72. The largest absolute Gasteiger partial charge is 0.264 e. The number of hydrogen-bond acceptors (Lipinski definition) is 5. The molecule has 1 N–H and O–H groups in total. The van der Waals surface area contributed by atoms with E-state index >= 15 is 0 Å². The molecule has 0 unspecified atom stereocenters. The van der Waals surface area contributed by atoms with Gasteiger partial charge in [0.2, 0.25) is 0 Å². The Morgan fingerprint density at radius 2 is 1.87 bits per heavy atom. The molecule has 0 aliphatic heterocycles. The zero-order chi connectivity index (χ0) is 15.9. The molecule has 0 spiro atoms. The SMILES string of the molecule is O=S(=O)(Nc1nc2ccccc2s1)c1cccc2cnccc12. The van der Waals surface area contributed by atoms with E-state index in [1.807, 2.05) is 30.3 Å². The lowest BCUT2D eigenvalue weighted by atomic mass is 10.2. The maximum absolute atomic E-state index is 12.7. The highest BCUT2D eigenvalue weighted by molar-refractivity contribution is 7.93. The molecule has 2 heterocycles. The van der Waals surface area contributed by atoms with Crippen LogP contribution in [-0.2, 0) is 10.0 Å². The zero-order valence-electron chi connectivity index (χ0n) is 11.8. The molecule has 0 bridgehead atoms. The number of rotatable bonds is 3. The maximum Gasteiger partial charge on any atom is 0.264 e. The van der Waals surface area contributed by atoms with Gasteiger partial charge < -0.3 is 0 Å². The van der Waals surface area contributed by atoms with E-state index in [2.05, 4.69) is 14.7 Å². The molecule has 2 aromatic carbocycles. The van der Waals surface area contributed by atoms with Crippen molar-refractivity contribution in [3.63, 3.8) is 0 Å². The van der Waals surface area contributed by atoms with Crippen molar-refractivity contribution in [1.82, 2.24) is 9.97 Å². The predicted molar refractivity (Wildman–Crippen MR) is 92.2 cm³/mol. The molecule has 0 aliphatic carbocycles. The van der Waals surface area contributed by atoms with Crippen molar-refractivity contribution in [2.75, 3.05) is 4.72 Å². The minimum atomic E-state index is -3.72. The van der Waals surface area contributed by atoms with Gasteiger partial charge in [0.15, 0.2) is 5.13 Å².